The molecule has 1 aliphatic rings. The van der Waals surface area contributed by atoms with E-state index in [0.29, 0.717) is 24.7 Å². The number of phenolic OH excluding ortho intramolecular Hbond substituents is 1. The maximum atomic E-state index is 12.7. The monoisotopic (exact) mass is 408 g/mol. The van der Waals surface area contributed by atoms with Crippen molar-refractivity contribution in [1.82, 2.24) is 10.2 Å². The number of aromatic hydroxyl groups is 1. The van der Waals surface area contributed by atoms with Crippen molar-refractivity contribution < 1.29 is 24.1 Å². The fraction of sp³-hybridized carbons (Fsp3) is 0.682. The fourth-order valence-corrected chi connectivity index (χ4v) is 3.99. The summed E-state index contributed by atoms with van der Waals surface area (Å²) in [6.45, 7) is 7.29. The highest BCUT2D eigenvalue weighted by molar-refractivity contribution is 5.73. The number of unbranched alkanes of at least 4 members (excludes halogenated alkanes) is 2. The third-order valence-corrected chi connectivity index (χ3v) is 5.55. The molecule has 1 aromatic rings. The summed E-state index contributed by atoms with van der Waals surface area (Å²) in [5.41, 5.74) is 0.755. The van der Waals surface area contributed by atoms with Gasteiger partial charge >= 0.3 is 5.97 Å². The van der Waals surface area contributed by atoms with Crippen LogP contribution in [0.25, 0.3) is 0 Å². The molecular weight excluding hydrogens is 372 g/mol. The molecule has 0 spiro atoms. The van der Waals surface area contributed by atoms with Crippen molar-refractivity contribution in [1.29, 1.82) is 0 Å². The normalized spacial score (nSPS) is 18.3. The third-order valence-electron chi connectivity index (χ3n) is 5.55. The molecule has 1 heterocycles. The number of nitrogens with one attached hydrogen (secondary N) is 1. The standard InChI is InChI=1S/C22H36N2O5/c1-5-7-8-9-17(22(26)29-6-2)18-14-23-12-13-24(18)15-16-10-11-19(27-3)21(28-4)20(16)25/h10-11,17-18,23,25H,5-9,12-15H2,1-4H3. The van der Waals surface area contributed by atoms with Gasteiger partial charge in [-0.05, 0) is 19.4 Å². The molecule has 0 aromatic heterocycles. The molecule has 7 nitrogen and oxygen atoms in total. The summed E-state index contributed by atoms with van der Waals surface area (Å²) in [7, 11) is 3.06. The van der Waals surface area contributed by atoms with Gasteiger partial charge in [0.15, 0.2) is 11.5 Å². The molecule has 2 N–H and O–H groups in total. The Labute approximate surface area is 174 Å². The smallest absolute Gasteiger partial charge is 0.310 e. The average molecular weight is 409 g/mol. The Morgan fingerprint density at radius 3 is 2.72 bits per heavy atom. The number of carbonyl (C=O) groups is 1. The highest BCUT2D eigenvalue weighted by atomic mass is 16.5. The number of rotatable bonds is 11. The lowest BCUT2D eigenvalue weighted by Gasteiger charge is -2.40. The van der Waals surface area contributed by atoms with E-state index in [1.165, 1.54) is 7.11 Å². The quantitative estimate of drug-likeness (QED) is 0.430. The van der Waals surface area contributed by atoms with Crippen molar-refractivity contribution in [2.75, 3.05) is 40.5 Å². The Morgan fingerprint density at radius 2 is 2.07 bits per heavy atom. The Bertz CT molecular complexity index is 652. The lowest BCUT2D eigenvalue weighted by molar-refractivity contribution is -0.151. The first kappa shape index (κ1) is 23.3. The summed E-state index contributed by atoms with van der Waals surface area (Å²) in [5, 5.41) is 14.1. The molecular formula is C22H36N2O5. The second kappa shape index (κ2) is 11.9. The lowest BCUT2D eigenvalue weighted by Crippen LogP contribution is -2.55. The van der Waals surface area contributed by atoms with Gasteiger partial charge in [0.05, 0.1) is 26.7 Å². The first-order valence-corrected chi connectivity index (χ1v) is 10.6. The van der Waals surface area contributed by atoms with Gasteiger partial charge < -0.3 is 24.6 Å². The van der Waals surface area contributed by atoms with Crippen LogP contribution in [0, 0.1) is 5.92 Å². The highest BCUT2D eigenvalue weighted by Gasteiger charge is 2.35. The van der Waals surface area contributed by atoms with Crippen molar-refractivity contribution in [3.63, 3.8) is 0 Å². The molecule has 0 aliphatic carbocycles. The summed E-state index contributed by atoms with van der Waals surface area (Å²) in [6.07, 6.45) is 4.04. The number of hydrogen-bond donors (Lipinski definition) is 2. The van der Waals surface area contributed by atoms with E-state index in [-0.39, 0.29) is 23.7 Å². The van der Waals surface area contributed by atoms with Crippen LogP contribution in [0.15, 0.2) is 12.1 Å². The van der Waals surface area contributed by atoms with E-state index in [1.807, 2.05) is 13.0 Å². The summed E-state index contributed by atoms with van der Waals surface area (Å²) < 4.78 is 16.0. The van der Waals surface area contributed by atoms with E-state index >= 15 is 0 Å². The fourth-order valence-electron chi connectivity index (χ4n) is 3.99. The van der Waals surface area contributed by atoms with E-state index in [4.69, 9.17) is 14.2 Å². The van der Waals surface area contributed by atoms with Crippen molar-refractivity contribution in [2.45, 2.75) is 52.1 Å². The first-order chi connectivity index (χ1) is 14.1. The average Bonchev–Trinajstić information content (AvgIpc) is 2.73. The van der Waals surface area contributed by atoms with Crippen LogP contribution < -0.4 is 14.8 Å². The van der Waals surface area contributed by atoms with Crippen LogP contribution in [0.5, 0.6) is 17.2 Å². The van der Waals surface area contributed by atoms with E-state index in [2.05, 4.69) is 17.1 Å². The second-order valence-corrected chi connectivity index (χ2v) is 7.41. The van der Waals surface area contributed by atoms with Gasteiger partial charge in [-0.1, -0.05) is 32.3 Å². The molecule has 2 rings (SSSR count). The number of phenols is 1. The molecule has 2 unspecified atom stereocenters. The van der Waals surface area contributed by atoms with Crippen LogP contribution in [-0.4, -0.2) is 62.5 Å². The molecule has 29 heavy (non-hydrogen) atoms. The lowest BCUT2D eigenvalue weighted by atomic mass is 9.90. The third kappa shape index (κ3) is 6.00. The van der Waals surface area contributed by atoms with Gasteiger partial charge in [-0.15, -0.1) is 0 Å². The van der Waals surface area contributed by atoms with Crippen molar-refractivity contribution in [3.8, 4) is 17.2 Å². The van der Waals surface area contributed by atoms with E-state index in [0.717, 1.165) is 50.9 Å². The van der Waals surface area contributed by atoms with Gasteiger partial charge in [0.1, 0.15) is 0 Å². The predicted octanol–water partition coefficient (Wildman–Crippen LogP) is 2.94. The molecule has 0 radical (unpaired) electrons. The highest BCUT2D eigenvalue weighted by Crippen LogP contribution is 2.39. The SMILES string of the molecule is CCCCCC(C(=O)OCC)C1CNCCN1Cc1ccc(OC)c(OC)c1O. The van der Waals surface area contributed by atoms with Crippen LogP contribution in [0.4, 0.5) is 0 Å². The minimum Gasteiger partial charge on any atom is -0.504 e. The minimum atomic E-state index is -0.184. The maximum Gasteiger partial charge on any atom is 0.310 e. The van der Waals surface area contributed by atoms with Crippen LogP contribution in [0.3, 0.4) is 0 Å². The molecule has 1 saturated heterocycles. The zero-order chi connectivity index (χ0) is 21.2. The van der Waals surface area contributed by atoms with Crippen molar-refractivity contribution in [2.24, 2.45) is 5.92 Å². The van der Waals surface area contributed by atoms with Crippen molar-refractivity contribution in [3.05, 3.63) is 17.7 Å². The largest absolute Gasteiger partial charge is 0.504 e. The van der Waals surface area contributed by atoms with Gasteiger partial charge in [0, 0.05) is 37.8 Å². The van der Waals surface area contributed by atoms with E-state index in [9.17, 15) is 9.90 Å². The van der Waals surface area contributed by atoms with Crippen LogP contribution in [0.2, 0.25) is 0 Å². The number of hydrogen-bond acceptors (Lipinski definition) is 7. The summed E-state index contributed by atoms with van der Waals surface area (Å²) in [4.78, 5) is 15.0. The van der Waals surface area contributed by atoms with Crippen LogP contribution in [0.1, 0.15) is 45.1 Å². The van der Waals surface area contributed by atoms with Crippen molar-refractivity contribution >= 4 is 5.97 Å². The minimum absolute atomic E-state index is 0.0205. The number of esters is 1. The van der Waals surface area contributed by atoms with Gasteiger partial charge in [-0.2, -0.15) is 0 Å². The zero-order valence-corrected chi connectivity index (χ0v) is 18.2. The van der Waals surface area contributed by atoms with Gasteiger partial charge in [0.2, 0.25) is 5.75 Å². The first-order valence-electron chi connectivity index (χ1n) is 10.6. The summed E-state index contributed by atoms with van der Waals surface area (Å²) in [6, 6.07) is 3.67. The molecule has 2 atom stereocenters. The van der Waals surface area contributed by atoms with E-state index in [1.54, 1.807) is 13.2 Å². The Kier molecular flexibility index (Phi) is 9.54. The predicted molar refractivity (Wildman–Crippen MR) is 113 cm³/mol. The number of piperazine rings is 1. The Balaban J connectivity index is 2.23. The molecule has 0 bridgehead atoms. The number of ether oxygens (including phenoxy) is 3. The molecule has 1 aromatic carbocycles. The number of carbonyl (C=O) groups excluding carboxylic acids is 1. The molecule has 7 heteroatoms. The molecule has 0 saturated carbocycles. The summed E-state index contributed by atoms with van der Waals surface area (Å²) in [5.74, 6) is 0.606. The van der Waals surface area contributed by atoms with Gasteiger partial charge in [-0.3, -0.25) is 9.69 Å². The van der Waals surface area contributed by atoms with E-state index < -0.39 is 0 Å². The summed E-state index contributed by atoms with van der Waals surface area (Å²) >= 11 is 0. The molecule has 1 aliphatic heterocycles. The number of benzene rings is 1. The maximum absolute atomic E-state index is 12.7. The Hall–Kier alpha value is -1.99. The second-order valence-electron chi connectivity index (χ2n) is 7.41. The molecule has 0 amide bonds. The number of nitrogens with zero attached hydrogens (tertiary/aromatic N) is 1. The topological polar surface area (TPSA) is 80.3 Å². The number of methoxy groups -OCH3 is 2. The van der Waals surface area contributed by atoms with Crippen LogP contribution >= 0.6 is 0 Å². The molecule has 1 fully saturated rings. The van der Waals surface area contributed by atoms with Gasteiger partial charge in [-0.25, -0.2) is 0 Å². The Morgan fingerprint density at radius 1 is 1.28 bits per heavy atom. The zero-order valence-electron chi connectivity index (χ0n) is 18.2. The molecule has 164 valence electrons. The van der Waals surface area contributed by atoms with Gasteiger partial charge in [0.25, 0.3) is 0 Å². The van der Waals surface area contributed by atoms with Crippen LogP contribution in [-0.2, 0) is 16.1 Å².